The largest absolute Gasteiger partial charge is 0.481 e. The van der Waals surface area contributed by atoms with Crippen LogP contribution >= 0.6 is 0 Å². The monoisotopic (exact) mass is 279 g/mol. The average molecular weight is 279 g/mol. The highest BCUT2D eigenvalue weighted by atomic mass is 19.4. The zero-order valence-electron chi connectivity index (χ0n) is 10.3. The van der Waals surface area contributed by atoms with Crippen LogP contribution in [-0.2, 0) is 9.59 Å². The van der Waals surface area contributed by atoms with Gasteiger partial charge in [-0.1, -0.05) is 12.8 Å². The Hall–Kier alpha value is -1.27. The molecule has 2 saturated carbocycles. The summed E-state index contributed by atoms with van der Waals surface area (Å²) in [5.41, 5.74) is -2.11. The van der Waals surface area contributed by atoms with Crippen LogP contribution in [0.5, 0.6) is 0 Å². The van der Waals surface area contributed by atoms with Crippen LogP contribution in [0.25, 0.3) is 0 Å². The molecular weight excluding hydrogens is 263 g/mol. The van der Waals surface area contributed by atoms with Gasteiger partial charge in [0.25, 0.3) is 0 Å². The van der Waals surface area contributed by atoms with E-state index in [-0.39, 0.29) is 12.8 Å². The highest BCUT2D eigenvalue weighted by Crippen LogP contribution is 2.49. The maximum absolute atomic E-state index is 12.7. The molecule has 0 aromatic heterocycles. The number of rotatable bonds is 3. The Morgan fingerprint density at radius 1 is 1.11 bits per heavy atom. The molecule has 19 heavy (non-hydrogen) atoms. The minimum Gasteiger partial charge on any atom is -0.481 e. The van der Waals surface area contributed by atoms with Crippen molar-refractivity contribution in [2.45, 2.75) is 50.2 Å². The fraction of sp³-hybridized carbons (Fsp3) is 0.833. The van der Waals surface area contributed by atoms with E-state index in [1.165, 1.54) is 0 Å². The molecule has 2 atom stereocenters. The van der Waals surface area contributed by atoms with E-state index in [9.17, 15) is 22.8 Å². The molecule has 7 heteroatoms. The van der Waals surface area contributed by atoms with Crippen LogP contribution in [0, 0.1) is 11.8 Å². The Labute approximate surface area is 108 Å². The summed E-state index contributed by atoms with van der Waals surface area (Å²) < 4.78 is 38.2. The van der Waals surface area contributed by atoms with E-state index in [0.29, 0.717) is 25.7 Å². The zero-order chi connectivity index (χ0) is 14.3. The van der Waals surface area contributed by atoms with E-state index in [1.54, 1.807) is 0 Å². The third-order valence-corrected chi connectivity index (χ3v) is 4.08. The van der Waals surface area contributed by atoms with Gasteiger partial charge in [0, 0.05) is 0 Å². The van der Waals surface area contributed by atoms with Crippen molar-refractivity contribution >= 4 is 11.9 Å². The van der Waals surface area contributed by atoms with E-state index in [4.69, 9.17) is 5.11 Å². The Morgan fingerprint density at radius 2 is 1.63 bits per heavy atom. The van der Waals surface area contributed by atoms with Crippen LogP contribution in [0.4, 0.5) is 13.2 Å². The molecule has 0 unspecified atom stereocenters. The van der Waals surface area contributed by atoms with Crippen molar-refractivity contribution < 1.29 is 27.9 Å². The predicted molar refractivity (Wildman–Crippen MR) is 59.2 cm³/mol. The third kappa shape index (κ3) is 2.69. The lowest BCUT2D eigenvalue weighted by atomic mass is 9.78. The van der Waals surface area contributed by atoms with Gasteiger partial charge in [-0.2, -0.15) is 13.2 Å². The SMILES string of the molecule is O=C(O)[C@H]1CCCC[C@H]1C(=O)NC1(C(F)(F)F)CC1. The van der Waals surface area contributed by atoms with Gasteiger partial charge in [-0.15, -0.1) is 0 Å². The fourth-order valence-electron chi connectivity index (χ4n) is 2.67. The topological polar surface area (TPSA) is 66.4 Å². The molecule has 2 rings (SSSR count). The van der Waals surface area contributed by atoms with Crippen LogP contribution in [0.15, 0.2) is 0 Å². The van der Waals surface area contributed by atoms with Crippen molar-refractivity contribution in [2.75, 3.05) is 0 Å². The van der Waals surface area contributed by atoms with Crippen LogP contribution in [0.1, 0.15) is 38.5 Å². The first kappa shape index (κ1) is 14.1. The summed E-state index contributed by atoms with van der Waals surface area (Å²) in [5.74, 6) is -3.57. The lowest BCUT2D eigenvalue weighted by Crippen LogP contribution is -2.51. The van der Waals surface area contributed by atoms with Gasteiger partial charge in [0.05, 0.1) is 11.8 Å². The van der Waals surface area contributed by atoms with Gasteiger partial charge in [0.2, 0.25) is 5.91 Å². The summed E-state index contributed by atoms with van der Waals surface area (Å²) in [6.07, 6.45) is -2.62. The van der Waals surface area contributed by atoms with Crippen molar-refractivity contribution in [1.29, 1.82) is 0 Å². The first-order chi connectivity index (χ1) is 8.77. The number of hydrogen-bond acceptors (Lipinski definition) is 2. The summed E-state index contributed by atoms with van der Waals surface area (Å²) in [7, 11) is 0. The molecule has 0 aliphatic heterocycles. The number of halogens is 3. The van der Waals surface area contributed by atoms with Crippen molar-refractivity contribution in [2.24, 2.45) is 11.8 Å². The van der Waals surface area contributed by atoms with Crippen LogP contribution < -0.4 is 5.32 Å². The number of aliphatic carboxylic acids is 1. The molecule has 0 saturated heterocycles. The number of hydrogen-bond donors (Lipinski definition) is 2. The van der Waals surface area contributed by atoms with Crippen molar-refractivity contribution in [3.05, 3.63) is 0 Å². The molecule has 2 aliphatic carbocycles. The second-order valence-electron chi connectivity index (χ2n) is 5.40. The van der Waals surface area contributed by atoms with Gasteiger partial charge in [0.15, 0.2) is 0 Å². The number of amides is 1. The molecule has 4 nitrogen and oxygen atoms in total. The molecule has 0 aromatic carbocycles. The molecule has 0 aromatic rings. The predicted octanol–water partition coefficient (Wildman–Crippen LogP) is 2.09. The Morgan fingerprint density at radius 3 is 2.05 bits per heavy atom. The number of carbonyl (C=O) groups excluding carboxylic acids is 1. The number of nitrogens with one attached hydrogen (secondary N) is 1. The van der Waals surface area contributed by atoms with Crippen LogP contribution in [0.2, 0.25) is 0 Å². The molecule has 108 valence electrons. The van der Waals surface area contributed by atoms with Gasteiger partial charge in [0.1, 0.15) is 5.54 Å². The zero-order valence-corrected chi connectivity index (χ0v) is 10.3. The summed E-state index contributed by atoms with van der Waals surface area (Å²) in [5, 5.41) is 11.1. The molecule has 2 fully saturated rings. The lowest BCUT2D eigenvalue weighted by Gasteiger charge is -2.30. The van der Waals surface area contributed by atoms with E-state index in [2.05, 4.69) is 0 Å². The van der Waals surface area contributed by atoms with Gasteiger partial charge < -0.3 is 10.4 Å². The molecular formula is C12H16F3NO3. The average Bonchev–Trinajstić information content (AvgIpc) is 3.09. The molecule has 0 heterocycles. The van der Waals surface area contributed by atoms with E-state index < -0.39 is 35.4 Å². The van der Waals surface area contributed by atoms with Crippen molar-refractivity contribution in [3.63, 3.8) is 0 Å². The standard InChI is InChI=1S/C12H16F3NO3/c13-12(14,15)11(5-6-11)16-9(17)7-3-1-2-4-8(7)10(18)19/h7-8H,1-6H2,(H,16,17)(H,18,19)/t7-,8+/m1/s1. The van der Waals surface area contributed by atoms with E-state index in [1.807, 2.05) is 5.32 Å². The molecule has 0 spiro atoms. The first-order valence-corrected chi connectivity index (χ1v) is 6.38. The summed E-state index contributed by atoms with van der Waals surface area (Å²) >= 11 is 0. The second-order valence-corrected chi connectivity index (χ2v) is 5.40. The Kier molecular flexibility index (Phi) is 3.49. The van der Waals surface area contributed by atoms with E-state index >= 15 is 0 Å². The number of carbonyl (C=O) groups is 2. The van der Waals surface area contributed by atoms with Crippen LogP contribution in [-0.4, -0.2) is 28.7 Å². The second kappa shape index (κ2) is 4.68. The van der Waals surface area contributed by atoms with Crippen molar-refractivity contribution in [1.82, 2.24) is 5.32 Å². The third-order valence-electron chi connectivity index (χ3n) is 4.08. The van der Waals surface area contributed by atoms with Gasteiger partial charge in [-0.25, -0.2) is 0 Å². The molecule has 1 amide bonds. The van der Waals surface area contributed by atoms with Gasteiger partial charge >= 0.3 is 12.1 Å². The summed E-state index contributed by atoms with van der Waals surface area (Å²) in [4.78, 5) is 23.0. The first-order valence-electron chi connectivity index (χ1n) is 6.38. The summed E-state index contributed by atoms with van der Waals surface area (Å²) in [6, 6.07) is 0. The highest BCUT2D eigenvalue weighted by Gasteiger charge is 2.64. The summed E-state index contributed by atoms with van der Waals surface area (Å²) in [6.45, 7) is 0. The molecule has 2 N–H and O–H groups in total. The fourth-order valence-corrected chi connectivity index (χ4v) is 2.67. The number of alkyl halides is 3. The van der Waals surface area contributed by atoms with Gasteiger partial charge in [-0.05, 0) is 25.7 Å². The Bertz CT molecular complexity index is 390. The normalized spacial score (nSPS) is 29.6. The molecule has 0 radical (unpaired) electrons. The van der Waals surface area contributed by atoms with Gasteiger partial charge in [-0.3, -0.25) is 9.59 Å². The quantitative estimate of drug-likeness (QED) is 0.831. The van der Waals surface area contributed by atoms with E-state index in [0.717, 1.165) is 0 Å². The minimum atomic E-state index is -4.46. The molecule has 0 bridgehead atoms. The number of carboxylic acids is 1. The maximum Gasteiger partial charge on any atom is 0.411 e. The number of carboxylic acid groups (broad SMARTS) is 1. The Balaban J connectivity index is 2.05. The maximum atomic E-state index is 12.7. The molecule has 2 aliphatic rings. The smallest absolute Gasteiger partial charge is 0.411 e. The van der Waals surface area contributed by atoms with Crippen LogP contribution in [0.3, 0.4) is 0 Å². The minimum absolute atomic E-state index is 0.118. The lowest BCUT2D eigenvalue weighted by molar-refractivity contribution is -0.172. The highest BCUT2D eigenvalue weighted by molar-refractivity contribution is 5.85. The van der Waals surface area contributed by atoms with Crippen molar-refractivity contribution in [3.8, 4) is 0 Å².